The maximum Gasteiger partial charge on any atom is 0.338 e. The van der Waals surface area contributed by atoms with Crippen LogP contribution in [0.4, 0.5) is 5.69 Å². The summed E-state index contributed by atoms with van der Waals surface area (Å²) in [6.07, 6.45) is 0.313. The van der Waals surface area contributed by atoms with Crippen LogP contribution in [-0.2, 0) is 9.53 Å². The third kappa shape index (κ3) is 4.42. The Bertz CT molecular complexity index is 1100. The summed E-state index contributed by atoms with van der Waals surface area (Å²) in [6.45, 7) is 6.43. The Morgan fingerprint density at radius 2 is 1.65 bits per heavy atom. The summed E-state index contributed by atoms with van der Waals surface area (Å²) >= 11 is 0. The lowest BCUT2D eigenvalue weighted by molar-refractivity contribution is -0.123. The first-order valence-electron chi connectivity index (χ1n) is 9.47. The molecule has 2 aromatic carbocycles. The number of fused-ring (bicyclic) bond motifs is 1. The molecule has 0 fully saturated rings. The number of carbonyl (C=O) groups excluding carboxylic acids is 5. The van der Waals surface area contributed by atoms with E-state index in [1.165, 1.54) is 38.1 Å². The third-order valence-electron chi connectivity index (χ3n) is 4.73. The molecule has 1 heterocycles. The molecular weight excluding hydrogens is 400 g/mol. The molecule has 0 saturated carbocycles. The molecule has 8 nitrogen and oxygen atoms in total. The summed E-state index contributed by atoms with van der Waals surface area (Å²) in [5, 5.41) is 2.60. The van der Waals surface area contributed by atoms with Crippen molar-refractivity contribution < 1.29 is 28.7 Å². The molecule has 0 aliphatic carbocycles. The minimum absolute atomic E-state index is 0.0471. The molecule has 0 unspecified atom stereocenters. The van der Waals surface area contributed by atoms with Crippen LogP contribution in [0, 0.1) is 0 Å². The number of benzene rings is 2. The number of nitrogens with one attached hydrogen (secondary N) is 1. The zero-order chi connectivity index (χ0) is 22.7. The van der Waals surface area contributed by atoms with E-state index in [1.54, 1.807) is 24.3 Å². The van der Waals surface area contributed by atoms with Crippen LogP contribution in [0.25, 0.3) is 0 Å². The normalized spacial score (nSPS) is 13.4. The summed E-state index contributed by atoms with van der Waals surface area (Å²) in [7, 11) is 0. The number of esters is 1. The monoisotopic (exact) mass is 420 g/mol. The van der Waals surface area contributed by atoms with Crippen molar-refractivity contribution in [3.8, 4) is 0 Å². The second kappa shape index (κ2) is 8.74. The van der Waals surface area contributed by atoms with E-state index in [0.717, 1.165) is 4.90 Å². The molecule has 2 aromatic rings. The van der Waals surface area contributed by atoms with Crippen LogP contribution >= 0.6 is 0 Å². The SMILES string of the molecule is C=CCN1C(=O)c2ccc(C(=O)O[C@@H](C)C(=O)Nc3ccc(C(C)=O)cc3)cc2C1=O. The van der Waals surface area contributed by atoms with Crippen molar-refractivity contribution in [1.82, 2.24) is 4.90 Å². The predicted octanol–water partition coefficient (Wildman–Crippen LogP) is 2.86. The first-order valence-corrected chi connectivity index (χ1v) is 9.47. The predicted molar refractivity (Wildman–Crippen MR) is 112 cm³/mol. The van der Waals surface area contributed by atoms with Crippen molar-refractivity contribution in [3.05, 3.63) is 77.4 Å². The highest BCUT2D eigenvalue weighted by Crippen LogP contribution is 2.24. The van der Waals surface area contributed by atoms with Crippen LogP contribution < -0.4 is 5.32 Å². The second-order valence-corrected chi connectivity index (χ2v) is 6.94. The Labute approximate surface area is 178 Å². The zero-order valence-corrected chi connectivity index (χ0v) is 17.0. The highest BCUT2D eigenvalue weighted by atomic mass is 16.5. The van der Waals surface area contributed by atoms with Crippen molar-refractivity contribution in [2.75, 3.05) is 11.9 Å². The van der Waals surface area contributed by atoms with E-state index in [2.05, 4.69) is 11.9 Å². The standard InChI is InChI=1S/C23H20N2O6/c1-4-11-25-21(28)18-10-7-16(12-19(18)22(25)29)23(30)31-14(3)20(27)24-17-8-5-15(6-9-17)13(2)26/h4-10,12,14H,1,11H2,2-3H3,(H,24,27)/t14-/m0/s1. The third-order valence-corrected chi connectivity index (χ3v) is 4.73. The number of ketones is 1. The molecule has 3 rings (SSSR count). The van der Waals surface area contributed by atoms with Gasteiger partial charge in [-0.3, -0.25) is 24.1 Å². The van der Waals surface area contributed by atoms with Gasteiger partial charge in [0.05, 0.1) is 16.7 Å². The van der Waals surface area contributed by atoms with Crippen LogP contribution in [0.1, 0.15) is 55.3 Å². The summed E-state index contributed by atoms with van der Waals surface area (Å²) < 4.78 is 5.20. The number of rotatable bonds is 7. The van der Waals surface area contributed by atoms with E-state index in [9.17, 15) is 24.0 Å². The van der Waals surface area contributed by atoms with Crippen molar-refractivity contribution in [2.45, 2.75) is 20.0 Å². The summed E-state index contributed by atoms with van der Waals surface area (Å²) in [4.78, 5) is 61.8. The molecule has 158 valence electrons. The van der Waals surface area contributed by atoms with E-state index >= 15 is 0 Å². The van der Waals surface area contributed by atoms with Crippen molar-refractivity contribution in [3.63, 3.8) is 0 Å². The molecule has 0 radical (unpaired) electrons. The fraction of sp³-hybridized carbons (Fsp3) is 0.174. The molecule has 1 aliphatic heterocycles. The van der Waals surface area contributed by atoms with E-state index in [4.69, 9.17) is 4.74 Å². The molecule has 1 aliphatic rings. The Hall–Kier alpha value is -4.07. The van der Waals surface area contributed by atoms with Crippen molar-refractivity contribution in [1.29, 1.82) is 0 Å². The lowest BCUT2D eigenvalue weighted by atomic mass is 10.1. The number of hydrogen-bond donors (Lipinski definition) is 1. The Morgan fingerprint density at radius 1 is 1.03 bits per heavy atom. The van der Waals surface area contributed by atoms with Crippen LogP contribution in [0.15, 0.2) is 55.1 Å². The smallest absolute Gasteiger partial charge is 0.338 e. The number of Topliss-reactive ketones (excluding diaryl/α,β-unsaturated/α-hetero) is 1. The molecule has 1 atom stereocenters. The fourth-order valence-electron chi connectivity index (χ4n) is 3.03. The lowest BCUT2D eigenvalue weighted by Crippen LogP contribution is -2.30. The molecule has 0 aromatic heterocycles. The van der Waals surface area contributed by atoms with Gasteiger partial charge in [-0.05, 0) is 56.3 Å². The van der Waals surface area contributed by atoms with Gasteiger partial charge < -0.3 is 10.1 Å². The van der Waals surface area contributed by atoms with E-state index in [1.807, 2.05) is 0 Å². The van der Waals surface area contributed by atoms with E-state index in [0.29, 0.717) is 11.3 Å². The molecule has 0 saturated heterocycles. The van der Waals surface area contributed by atoms with Crippen LogP contribution in [0.2, 0.25) is 0 Å². The van der Waals surface area contributed by atoms with Gasteiger partial charge in [0, 0.05) is 17.8 Å². The average molecular weight is 420 g/mol. The van der Waals surface area contributed by atoms with Gasteiger partial charge in [-0.2, -0.15) is 0 Å². The average Bonchev–Trinajstić information content (AvgIpc) is 2.98. The Morgan fingerprint density at radius 3 is 2.26 bits per heavy atom. The molecule has 8 heteroatoms. The van der Waals surface area contributed by atoms with Crippen LogP contribution in [0.3, 0.4) is 0 Å². The number of amides is 3. The quantitative estimate of drug-likeness (QED) is 0.319. The number of nitrogens with zero attached hydrogens (tertiary/aromatic N) is 1. The van der Waals surface area contributed by atoms with E-state index in [-0.39, 0.29) is 29.0 Å². The summed E-state index contributed by atoms with van der Waals surface area (Å²) in [5.74, 6) is -2.44. The molecule has 3 amide bonds. The maximum atomic E-state index is 12.5. The number of carbonyl (C=O) groups is 5. The summed E-state index contributed by atoms with van der Waals surface area (Å²) in [5.41, 5.74) is 1.30. The minimum atomic E-state index is -1.12. The van der Waals surface area contributed by atoms with Gasteiger partial charge >= 0.3 is 5.97 Å². The van der Waals surface area contributed by atoms with Gasteiger partial charge in [0.2, 0.25) is 0 Å². The molecule has 0 bridgehead atoms. The Kier molecular flexibility index (Phi) is 6.10. The maximum absolute atomic E-state index is 12.5. The lowest BCUT2D eigenvalue weighted by Gasteiger charge is -2.14. The van der Waals surface area contributed by atoms with Gasteiger partial charge in [-0.1, -0.05) is 6.08 Å². The largest absolute Gasteiger partial charge is 0.449 e. The molecule has 1 N–H and O–H groups in total. The number of hydrogen-bond acceptors (Lipinski definition) is 6. The number of anilines is 1. The fourth-order valence-corrected chi connectivity index (χ4v) is 3.03. The second-order valence-electron chi connectivity index (χ2n) is 6.94. The van der Waals surface area contributed by atoms with Gasteiger partial charge in [-0.15, -0.1) is 6.58 Å². The van der Waals surface area contributed by atoms with Gasteiger partial charge in [0.25, 0.3) is 17.7 Å². The van der Waals surface area contributed by atoms with Crippen LogP contribution in [-0.4, -0.2) is 47.0 Å². The molecule has 31 heavy (non-hydrogen) atoms. The van der Waals surface area contributed by atoms with E-state index < -0.39 is 29.8 Å². The van der Waals surface area contributed by atoms with Crippen molar-refractivity contribution in [2.24, 2.45) is 0 Å². The van der Waals surface area contributed by atoms with Gasteiger partial charge in [0.1, 0.15) is 0 Å². The Balaban J connectivity index is 1.67. The number of ether oxygens (including phenoxy) is 1. The topological polar surface area (TPSA) is 110 Å². The number of imide groups is 1. The van der Waals surface area contributed by atoms with Gasteiger partial charge in [0.15, 0.2) is 11.9 Å². The summed E-state index contributed by atoms with van der Waals surface area (Å²) in [6, 6.07) is 10.3. The molecule has 0 spiro atoms. The molecular formula is C23H20N2O6. The zero-order valence-electron chi connectivity index (χ0n) is 17.0. The first-order chi connectivity index (χ1) is 14.7. The minimum Gasteiger partial charge on any atom is -0.449 e. The van der Waals surface area contributed by atoms with Crippen LogP contribution in [0.5, 0.6) is 0 Å². The highest BCUT2D eigenvalue weighted by Gasteiger charge is 2.35. The van der Waals surface area contributed by atoms with Gasteiger partial charge in [-0.25, -0.2) is 4.79 Å². The van der Waals surface area contributed by atoms with Crippen molar-refractivity contribution >= 4 is 35.2 Å². The first kappa shape index (κ1) is 21.6. The highest BCUT2D eigenvalue weighted by molar-refractivity contribution is 6.22.